The first kappa shape index (κ1) is 43.2. The maximum atomic E-state index is 14.0. The summed E-state index contributed by atoms with van der Waals surface area (Å²) < 4.78 is 24.4. The van der Waals surface area contributed by atoms with Gasteiger partial charge in [-0.05, 0) is 114 Å². The molecule has 4 aliphatic rings. The lowest BCUT2D eigenvalue weighted by Gasteiger charge is -2.67. The zero-order valence-electron chi connectivity index (χ0n) is 34.4. The standard InChI is InChI=1S/C43H68O10/c1-13-25(5)35(45)38(47)52-30-22-42(10)29(27-20-28(51-23-27)19-24(3)4)15-16-31(42)43(11)33(53-39(48)36(46)26(6)14-2)21-32(40(7,8)49)41(9,37(30)43)18-17-34(44)50-12/h14,16,19,25,27-30,32-33,35-37,45-46,49H,13,15,17-18,20-23H2,1-12H3/b26-14+/t25-,27-,28-,29+,30-,32+,33-,35-,36-,37-,41+,42+,43-/m1/s1. The molecule has 0 aromatic rings. The maximum absolute atomic E-state index is 14.0. The number of hydrogen-bond acceptors (Lipinski definition) is 10. The fourth-order valence-electron chi connectivity index (χ4n) is 11.1. The van der Waals surface area contributed by atoms with Crippen molar-refractivity contribution in [2.75, 3.05) is 13.7 Å². The van der Waals surface area contributed by atoms with Gasteiger partial charge in [0.05, 0.1) is 25.4 Å². The van der Waals surface area contributed by atoms with E-state index in [2.05, 4.69) is 46.8 Å². The lowest BCUT2D eigenvalue weighted by Crippen LogP contribution is -2.68. The number of rotatable bonds is 13. The average molecular weight is 745 g/mol. The number of aliphatic hydroxyl groups is 3. The second-order valence-corrected chi connectivity index (χ2v) is 18.1. The van der Waals surface area contributed by atoms with Crippen LogP contribution < -0.4 is 0 Å². The third kappa shape index (κ3) is 8.22. The first-order valence-corrected chi connectivity index (χ1v) is 19.8. The Bertz CT molecular complexity index is 1450. The normalized spacial score (nSPS) is 37.4. The van der Waals surface area contributed by atoms with Crippen molar-refractivity contribution in [2.24, 2.45) is 45.8 Å². The van der Waals surface area contributed by atoms with Gasteiger partial charge in [-0.1, -0.05) is 70.4 Å². The molecular weight excluding hydrogens is 676 g/mol. The van der Waals surface area contributed by atoms with E-state index in [1.54, 1.807) is 33.8 Å². The highest BCUT2D eigenvalue weighted by molar-refractivity contribution is 5.78. The number of methoxy groups -OCH3 is 1. The molecule has 300 valence electrons. The molecule has 0 amide bonds. The van der Waals surface area contributed by atoms with Crippen LogP contribution in [0.2, 0.25) is 0 Å². The van der Waals surface area contributed by atoms with E-state index in [0.717, 1.165) is 18.4 Å². The van der Waals surface area contributed by atoms with Crippen molar-refractivity contribution >= 4 is 17.9 Å². The molecule has 1 saturated heterocycles. The highest BCUT2D eigenvalue weighted by Gasteiger charge is 2.71. The zero-order valence-corrected chi connectivity index (χ0v) is 34.4. The van der Waals surface area contributed by atoms with Crippen LogP contribution in [0, 0.1) is 45.8 Å². The van der Waals surface area contributed by atoms with Crippen molar-refractivity contribution in [3.8, 4) is 0 Å². The summed E-state index contributed by atoms with van der Waals surface area (Å²) in [5.74, 6) is -2.97. The van der Waals surface area contributed by atoms with Crippen LogP contribution in [0.25, 0.3) is 0 Å². The Hall–Kier alpha value is -2.53. The zero-order chi connectivity index (χ0) is 39.8. The van der Waals surface area contributed by atoms with Gasteiger partial charge >= 0.3 is 17.9 Å². The molecule has 0 spiro atoms. The van der Waals surface area contributed by atoms with Crippen molar-refractivity contribution in [3.05, 3.63) is 34.9 Å². The maximum Gasteiger partial charge on any atom is 0.339 e. The van der Waals surface area contributed by atoms with E-state index in [4.69, 9.17) is 18.9 Å². The SMILES string of the molecule is C/C=C(\C)[C@@H](O)C(=O)O[C@@H]1C[C@@H](C(C)(C)O)[C@](C)(CCC(=O)OC)[C@H]2[C@H](OC(=O)[C@H](O)[C@H](C)CC)C[C@]3(C)C(=CC[C@H]3[C@H]3CO[C@H](C=C(C)C)C3)[C@@]21C. The minimum absolute atomic E-state index is 0.0118. The van der Waals surface area contributed by atoms with Crippen LogP contribution >= 0.6 is 0 Å². The van der Waals surface area contributed by atoms with Crippen molar-refractivity contribution in [2.45, 2.75) is 157 Å². The lowest BCUT2D eigenvalue weighted by atomic mass is 9.39. The minimum Gasteiger partial charge on any atom is -0.469 e. The van der Waals surface area contributed by atoms with Crippen LogP contribution in [0.4, 0.5) is 0 Å². The monoisotopic (exact) mass is 744 g/mol. The van der Waals surface area contributed by atoms with Crippen LogP contribution in [0.3, 0.4) is 0 Å². The third-order valence-corrected chi connectivity index (χ3v) is 14.0. The van der Waals surface area contributed by atoms with Gasteiger partial charge in [-0.2, -0.15) is 0 Å². The molecular formula is C43H68O10. The topological polar surface area (TPSA) is 149 Å². The van der Waals surface area contributed by atoms with Crippen molar-refractivity contribution in [3.63, 3.8) is 0 Å². The van der Waals surface area contributed by atoms with Crippen LogP contribution in [-0.2, 0) is 33.3 Å². The number of ether oxygens (including phenoxy) is 4. The van der Waals surface area contributed by atoms with Gasteiger partial charge < -0.3 is 34.3 Å². The first-order valence-electron chi connectivity index (χ1n) is 19.8. The quantitative estimate of drug-likeness (QED) is 0.106. The summed E-state index contributed by atoms with van der Waals surface area (Å²) >= 11 is 0. The Kier molecular flexibility index (Phi) is 13.3. The molecule has 13 atom stereocenters. The van der Waals surface area contributed by atoms with Crippen molar-refractivity contribution < 1.29 is 48.7 Å². The van der Waals surface area contributed by atoms with E-state index in [9.17, 15) is 29.7 Å². The lowest BCUT2D eigenvalue weighted by molar-refractivity contribution is -0.241. The third-order valence-electron chi connectivity index (χ3n) is 14.0. The summed E-state index contributed by atoms with van der Waals surface area (Å²) in [5, 5.41) is 34.1. The van der Waals surface area contributed by atoms with Crippen LogP contribution in [0.15, 0.2) is 34.9 Å². The average Bonchev–Trinajstić information content (AvgIpc) is 3.69. The summed E-state index contributed by atoms with van der Waals surface area (Å²) in [4.78, 5) is 40.6. The second kappa shape index (κ2) is 16.3. The molecule has 3 fully saturated rings. The van der Waals surface area contributed by atoms with Gasteiger partial charge in [-0.3, -0.25) is 4.79 Å². The van der Waals surface area contributed by atoms with Gasteiger partial charge in [0.1, 0.15) is 12.2 Å². The Balaban J connectivity index is 1.95. The number of fused-ring (bicyclic) bond motifs is 3. The Morgan fingerprint density at radius 1 is 1.08 bits per heavy atom. The van der Waals surface area contributed by atoms with Crippen LogP contribution in [0.5, 0.6) is 0 Å². The number of aliphatic hydroxyl groups excluding tert-OH is 2. The van der Waals surface area contributed by atoms with E-state index in [-0.39, 0.29) is 36.7 Å². The number of carbonyl (C=O) groups excluding carboxylic acids is 3. The van der Waals surface area contributed by atoms with E-state index >= 15 is 0 Å². The summed E-state index contributed by atoms with van der Waals surface area (Å²) in [7, 11) is 1.35. The van der Waals surface area contributed by atoms with E-state index in [1.165, 1.54) is 12.7 Å². The number of hydrogen-bond donors (Lipinski definition) is 3. The molecule has 1 aliphatic heterocycles. The number of allylic oxidation sites excluding steroid dienone is 3. The summed E-state index contributed by atoms with van der Waals surface area (Å²) in [6, 6.07) is 0. The second-order valence-electron chi connectivity index (χ2n) is 18.1. The smallest absolute Gasteiger partial charge is 0.339 e. The minimum atomic E-state index is -1.47. The predicted molar refractivity (Wildman–Crippen MR) is 202 cm³/mol. The fraction of sp³-hybridized carbons (Fsp3) is 0.791. The molecule has 3 N–H and O–H groups in total. The molecule has 10 nitrogen and oxygen atoms in total. The highest BCUT2D eigenvalue weighted by atomic mass is 16.6. The van der Waals surface area contributed by atoms with Gasteiger partial charge in [0.15, 0.2) is 12.2 Å². The Morgan fingerprint density at radius 2 is 1.74 bits per heavy atom. The molecule has 0 bridgehead atoms. The molecule has 0 aromatic heterocycles. The first-order chi connectivity index (χ1) is 24.6. The van der Waals surface area contributed by atoms with Gasteiger partial charge in [0.2, 0.25) is 0 Å². The Labute approximate surface area is 317 Å². The van der Waals surface area contributed by atoms with E-state index in [1.807, 2.05) is 13.8 Å². The van der Waals surface area contributed by atoms with Crippen LogP contribution in [-0.4, -0.2) is 83.1 Å². The van der Waals surface area contributed by atoms with Gasteiger partial charge in [-0.15, -0.1) is 0 Å². The van der Waals surface area contributed by atoms with Gasteiger partial charge in [0.25, 0.3) is 0 Å². The largest absolute Gasteiger partial charge is 0.469 e. The molecule has 0 radical (unpaired) electrons. The van der Waals surface area contributed by atoms with E-state index in [0.29, 0.717) is 31.4 Å². The van der Waals surface area contributed by atoms with Crippen molar-refractivity contribution in [1.29, 1.82) is 0 Å². The number of carbonyl (C=O) groups is 3. The fourth-order valence-corrected chi connectivity index (χ4v) is 11.1. The molecule has 0 aromatic carbocycles. The summed E-state index contributed by atoms with van der Waals surface area (Å²) in [6.07, 6.45) is 4.98. The molecule has 0 unspecified atom stereocenters. The van der Waals surface area contributed by atoms with E-state index < -0.39 is 76.0 Å². The predicted octanol–water partition coefficient (Wildman–Crippen LogP) is 6.64. The summed E-state index contributed by atoms with van der Waals surface area (Å²) in [6.45, 7) is 21.7. The van der Waals surface area contributed by atoms with Crippen LogP contribution in [0.1, 0.15) is 121 Å². The molecule has 53 heavy (non-hydrogen) atoms. The Morgan fingerprint density at radius 3 is 2.30 bits per heavy atom. The molecule has 1 heterocycles. The highest BCUT2D eigenvalue weighted by Crippen LogP contribution is 2.72. The van der Waals surface area contributed by atoms with Gasteiger partial charge in [-0.25, -0.2) is 9.59 Å². The molecule has 10 heteroatoms. The molecule has 4 rings (SSSR count). The molecule has 3 aliphatic carbocycles. The molecule has 2 saturated carbocycles. The van der Waals surface area contributed by atoms with Gasteiger partial charge in [0, 0.05) is 17.8 Å². The number of esters is 3. The summed E-state index contributed by atoms with van der Waals surface area (Å²) in [5.41, 5.74) is -0.873. The van der Waals surface area contributed by atoms with Crippen molar-refractivity contribution in [1.82, 2.24) is 0 Å².